The Hall–Kier alpha value is -3.56. The Balaban J connectivity index is 1.09. The normalized spacial score (nSPS) is 31.4. The Morgan fingerprint density at radius 2 is 0.877 bits per heavy atom. The second-order valence-corrected chi connectivity index (χ2v) is 15.9. The molecule has 0 amide bonds. The molecule has 8 rings (SSSR count). The molecular weight excluding hydrogens is 728 g/mol. The van der Waals surface area contributed by atoms with Gasteiger partial charge in [-0.1, -0.05) is 121 Å². The summed E-state index contributed by atoms with van der Waals surface area (Å²) in [6.45, 7) is 9.15. The molecule has 4 aliphatic rings. The van der Waals surface area contributed by atoms with Crippen molar-refractivity contribution < 1.29 is 52.1 Å². The van der Waals surface area contributed by atoms with Gasteiger partial charge >= 0.3 is 0 Å². The van der Waals surface area contributed by atoms with Crippen LogP contribution in [0.15, 0.2) is 121 Å². The smallest absolute Gasteiger partial charge is 0.190 e. The maximum Gasteiger partial charge on any atom is 0.190 e. The summed E-state index contributed by atoms with van der Waals surface area (Å²) in [7, 11) is 0. The van der Waals surface area contributed by atoms with Crippen LogP contribution in [0.1, 0.15) is 49.9 Å². The number of hydrogen-bond acceptors (Lipinski definition) is 11. The highest BCUT2D eigenvalue weighted by Gasteiger charge is 2.61. The molecule has 6 unspecified atom stereocenters. The lowest BCUT2D eigenvalue weighted by Crippen LogP contribution is -2.62. The summed E-state index contributed by atoms with van der Waals surface area (Å²) in [5.74, 6) is -1.70. The van der Waals surface area contributed by atoms with Crippen LogP contribution in [0.5, 0.6) is 0 Å². The van der Waals surface area contributed by atoms with E-state index in [2.05, 4.69) is 0 Å². The van der Waals surface area contributed by atoms with Crippen molar-refractivity contribution >= 4 is 0 Å². The van der Waals surface area contributed by atoms with Crippen LogP contribution in [-0.2, 0) is 78.5 Å². The molecule has 0 N–H and O–H groups in total. The molecule has 57 heavy (non-hydrogen) atoms. The van der Waals surface area contributed by atoms with Gasteiger partial charge in [-0.15, -0.1) is 0 Å². The monoisotopic (exact) mass is 782 g/mol. The Labute approximate surface area is 335 Å². The van der Waals surface area contributed by atoms with Crippen LogP contribution in [0, 0.1) is 0 Å². The zero-order chi connectivity index (χ0) is 39.2. The Kier molecular flexibility index (Phi) is 12.8. The van der Waals surface area contributed by atoms with Crippen molar-refractivity contribution in [3.8, 4) is 0 Å². The van der Waals surface area contributed by atoms with E-state index in [1.165, 1.54) is 0 Å². The minimum absolute atomic E-state index is 0.0853. The molecular formula is C46H54O11. The Morgan fingerprint density at radius 3 is 1.44 bits per heavy atom. The molecule has 4 saturated heterocycles. The number of rotatable bonds is 16. The molecule has 0 spiro atoms. The summed E-state index contributed by atoms with van der Waals surface area (Å²) in [5, 5.41) is 0. The van der Waals surface area contributed by atoms with Gasteiger partial charge in [-0.3, -0.25) is 0 Å². The zero-order valence-corrected chi connectivity index (χ0v) is 33.1. The van der Waals surface area contributed by atoms with E-state index >= 15 is 0 Å². The number of benzene rings is 4. The first-order chi connectivity index (χ1) is 27.7. The summed E-state index contributed by atoms with van der Waals surface area (Å²) in [5.41, 5.74) is 4.08. The number of fused-ring (bicyclic) bond motifs is 3. The van der Waals surface area contributed by atoms with E-state index in [1.807, 2.05) is 149 Å². The molecule has 11 heteroatoms. The van der Waals surface area contributed by atoms with Crippen LogP contribution >= 0.6 is 0 Å². The van der Waals surface area contributed by atoms with E-state index in [4.69, 9.17) is 52.1 Å². The van der Waals surface area contributed by atoms with E-state index in [9.17, 15) is 0 Å². The average molecular weight is 783 g/mol. The van der Waals surface area contributed by atoms with Gasteiger partial charge in [0.15, 0.2) is 24.2 Å². The van der Waals surface area contributed by atoms with Crippen molar-refractivity contribution in [2.24, 2.45) is 0 Å². The van der Waals surface area contributed by atoms with E-state index in [0.717, 1.165) is 22.3 Å². The highest BCUT2D eigenvalue weighted by atomic mass is 16.9. The minimum atomic E-state index is -0.913. The van der Waals surface area contributed by atoms with Crippen molar-refractivity contribution in [1.29, 1.82) is 0 Å². The quantitative estimate of drug-likeness (QED) is 0.116. The van der Waals surface area contributed by atoms with Gasteiger partial charge in [0.25, 0.3) is 0 Å². The van der Waals surface area contributed by atoms with Crippen molar-refractivity contribution in [1.82, 2.24) is 0 Å². The first-order valence-electron chi connectivity index (χ1n) is 19.9. The van der Waals surface area contributed by atoms with Gasteiger partial charge in [-0.2, -0.15) is 0 Å². The molecule has 4 fully saturated rings. The van der Waals surface area contributed by atoms with Gasteiger partial charge in [0.2, 0.25) is 0 Å². The third-order valence-electron chi connectivity index (χ3n) is 10.5. The van der Waals surface area contributed by atoms with Gasteiger partial charge in [-0.05, 0) is 49.9 Å². The highest BCUT2D eigenvalue weighted by Crippen LogP contribution is 2.44. The number of hydrogen-bond donors (Lipinski definition) is 0. The summed E-state index contributed by atoms with van der Waals surface area (Å²) >= 11 is 0. The maximum absolute atomic E-state index is 6.91. The van der Waals surface area contributed by atoms with Gasteiger partial charge < -0.3 is 52.1 Å². The lowest BCUT2D eigenvalue weighted by molar-refractivity contribution is -0.337. The van der Waals surface area contributed by atoms with Gasteiger partial charge in [0.1, 0.15) is 48.8 Å². The molecule has 0 saturated carbocycles. The molecule has 11 nitrogen and oxygen atoms in total. The van der Waals surface area contributed by atoms with Crippen LogP contribution in [0.4, 0.5) is 0 Å². The molecule has 0 bridgehead atoms. The first kappa shape index (κ1) is 40.2. The zero-order valence-electron chi connectivity index (χ0n) is 33.1. The molecule has 4 aliphatic heterocycles. The summed E-state index contributed by atoms with van der Waals surface area (Å²) in [6, 6.07) is 40.2. The first-order valence-corrected chi connectivity index (χ1v) is 19.9. The maximum atomic E-state index is 6.91. The fraction of sp³-hybridized carbons (Fsp3) is 0.478. The van der Waals surface area contributed by atoms with Crippen molar-refractivity contribution in [2.45, 2.75) is 127 Å². The molecule has 10 atom stereocenters. The van der Waals surface area contributed by atoms with Gasteiger partial charge in [-0.25, -0.2) is 0 Å². The second-order valence-electron chi connectivity index (χ2n) is 15.9. The molecule has 0 aromatic heterocycles. The summed E-state index contributed by atoms with van der Waals surface area (Å²) < 4.78 is 72.3. The van der Waals surface area contributed by atoms with Gasteiger partial charge in [0.05, 0.1) is 39.6 Å². The van der Waals surface area contributed by atoms with Crippen LogP contribution in [0.25, 0.3) is 0 Å². The minimum Gasteiger partial charge on any atom is -0.374 e. The predicted octanol–water partition coefficient (Wildman–Crippen LogP) is 7.10. The molecule has 0 radical (unpaired) electrons. The molecule has 0 aliphatic carbocycles. The lowest BCUT2D eigenvalue weighted by atomic mass is 9.97. The van der Waals surface area contributed by atoms with Crippen LogP contribution < -0.4 is 0 Å². The molecule has 4 aromatic carbocycles. The topological polar surface area (TPSA) is 102 Å². The van der Waals surface area contributed by atoms with Gasteiger partial charge in [0, 0.05) is 0 Å². The predicted molar refractivity (Wildman–Crippen MR) is 208 cm³/mol. The van der Waals surface area contributed by atoms with E-state index in [1.54, 1.807) is 0 Å². The number of ether oxygens (including phenoxy) is 11. The highest BCUT2D eigenvalue weighted by molar-refractivity contribution is 5.16. The fourth-order valence-corrected chi connectivity index (χ4v) is 7.90. The fourth-order valence-electron chi connectivity index (χ4n) is 7.90. The van der Waals surface area contributed by atoms with Crippen LogP contribution in [0.2, 0.25) is 0 Å². The molecule has 4 aromatic rings. The van der Waals surface area contributed by atoms with Crippen molar-refractivity contribution in [3.05, 3.63) is 144 Å². The SMILES string of the molecule is CC1(C)OC2C3OC(C)(C)O[C@H]3C(CO[C@@H]3OC(COCc4ccccc4)[C@@H](OCc4ccccc4)C(OCc4ccccc4)C3OCc3ccccc3)O[C@@H]2O1. The standard InChI is InChI=1S/C46H54O11/c1-45(2)54-38-36(53-44-42(40(38)55-45)56-46(3,4)57-44)30-51-43-41(50-28-34-23-15-8-16-24-34)39(49-27-33-21-13-7-14-22-33)37(48-26-32-19-11-6-12-20-32)35(52-43)29-47-25-31-17-9-5-10-18-31/h5-24,35-44H,25-30H2,1-4H3/t35?,36?,37-,38+,39?,40?,41?,42?,43-,44-/m1/s1. The Bertz CT molecular complexity index is 1810. The summed E-state index contributed by atoms with van der Waals surface area (Å²) in [4.78, 5) is 0. The van der Waals surface area contributed by atoms with E-state index in [-0.39, 0.29) is 13.2 Å². The second kappa shape index (κ2) is 18.1. The van der Waals surface area contributed by atoms with E-state index in [0.29, 0.717) is 26.4 Å². The van der Waals surface area contributed by atoms with Crippen LogP contribution in [0.3, 0.4) is 0 Å². The molecule has 304 valence electrons. The summed E-state index contributed by atoms with van der Waals surface area (Å²) in [6.07, 6.45) is -6.08. The van der Waals surface area contributed by atoms with E-state index < -0.39 is 73.0 Å². The lowest BCUT2D eigenvalue weighted by Gasteiger charge is -2.46. The largest absolute Gasteiger partial charge is 0.374 e. The average Bonchev–Trinajstić information content (AvgIpc) is 3.73. The van der Waals surface area contributed by atoms with Crippen molar-refractivity contribution in [2.75, 3.05) is 13.2 Å². The Morgan fingerprint density at radius 1 is 0.421 bits per heavy atom. The van der Waals surface area contributed by atoms with Crippen LogP contribution in [-0.4, -0.2) is 86.2 Å². The van der Waals surface area contributed by atoms with Crippen molar-refractivity contribution in [3.63, 3.8) is 0 Å². The third kappa shape index (κ3) is 10.2. The third-order valence-corrected chi connectivity index (χ3v) is 10.5. The molecule has 4 heterocycles.